The summed E-state index contributed by atoms with van der Waals surface area (Å²) in [5.41, 5.74) is 0. The predicted molar refractivity (Wildman–Crippen MR) is 73.6 cm³/mol. The maximum Gasteiger partial charge on any atom is 0.187 e. The molecule has 5 atom stereocenters. The fourth-order valence-electron chi connectivity index (χ4n) is 3.15. The standard InChI is InChI=1S/C15H26O6/c1-8(2)17-13-12-11(20-15(5,6)21-12)10(18-13)9-7-16-14(3,4)19-9/h8-13H,7H2,1-6H3/t9-,10-,11+,12+,13-/m1/s1. The molecule has 0 amide bonds. The van der Waals surface area contributed by atoms with Crippen LogP contribution in [0.4, 0.5) is 0 Å². The lowest BCUT2D eigenvalue weighted by Gasteiger charge is -2.27. The highest BCUT2D eigenvalue weighted by atomic mass is 16.8. The molecule has 0 bridgehead atoms. The Morgan fingerprint density at radius 1 is 0.905 bits per heavy atom. The van der Waals surface area contributed by atoms with Crippen LogP contribution in [0.3, 0.4) is 0 Å². The fourth-order valence-corrected chi connectivity index (χ4v) is 3.15. The van der Waals surface area contributed by atoms with Gasteiger partial charge in [-0.1, -0.05) is 0 Å². The molecule has 0 aliphatic carbocycles. The van der Waals surface area contributed by atoms with Gasteiger partial charge in [-0.2, -0.15) is 0 Å². The fraction of sp³-hybridized carbons (Fsp3) is 1.00. The third-order valence-corrected chi connectivity index (χ3v) is 3.85. The van der Waals surface area contributed by atoms with Crippen molar-refractivity contribution in [3.05, 3.63) is 0 Å². The quantitative estimate of drug-likeness (QED) is 0.792. The zero-order valence-electron chi connectivity index (χ0n) is 13.6. The normalized spacial score (nSPS) is 44.4. The molecule has 0 unspecified atom stereocenters. The second-order valence-electron chi connectivity index (χ2n) is 7.09. The summed E-state index contributed by atoms with van der Waals surface area (Å²) in [6.07, 6.45) is -1.24. The van der Waals surface area contributed by atoms with Crippen molar-refractivity contribution < 1.29 is 28.4 Å². The number of fused-ring (bicyclic) bond motifs is 1. The molecule has 3 saturated heterocycles. The average Bonchev–Trinajstić information content (AvgIpc) is 2.91. The number of hydrogen-bond acceptors (Lipinski definition) is 6. The Balaban J connectivity index is 1.75. The van der Waals surface area contributed by atoms with Crippen LogP contribution in [-0.2, 0) is 28.4 Å². The van der Waals surface area contributed by atoms with E-state index >= 15 is 0 Å². The van der Waals surface area contributed by atoms with Crippen LogP contribution in [0, 0.1) is 0 Å². The second-order valence-corrected chi connectivity index (χ2v) is 7.09. The van der Waals surface area contributed by atoms with Crippen LogP contribution >= 0.6 is 0 Å². The SMILES string of the molecule is CC(C)O[C@@H]1O[C@H]([C@H]2COC(C)(C)O2)[C@@H]2OC(C)(C)O[C@H]12. The van der Waals surface area contributed by atoms with E-state index in [9.17, 15) is 0 Å². The second kappa shape index (κ2) is 5.15. The van der Waals surface area contributed by atoms with Crippen molar-refractivity contribution in [1.29, 1.82) is 0 Å². The maximum absolute atomic E-state index is 6.03. The third kappa shape index (κ3) is 3.11. The molecule has 6 nitrogen and oxygen atoms in total. The van der Waals surface area contributed by atoms with Crippen LogP contribution in [0.15, 0.2) is 0 Å². The smallest absolute Gasteiger partial charge is 0.187 e. The Bertz CT molecular complexity index is 394. The van der Waals surface area contributed by atoms with Gasteiger partial charge in [0.2, 0.25) is 0 Å². The van der Waals surface area contributed by atoms with Gasteiger partial charge in [-0.05, 0) is 41.5 Å². The van der Waals surface area contributed by atoms with Gasteiger partial charge in [0.25, 0.3) is 0 Å². The van der Waals surface area contributed by atoms with Crippen molar-refractivity contribution in [3.63, 3.8) is 0 Å². The minimum absolute atomic E-state index is 0.0545. The van der Waals surface area contributed by atoms with Crippen molar-refractivity contribution in [1.82, 2.24) is 0 Å². The van der Waals surface area contributed by atoms with Gasteiger partial charge in [0.15, 0.2) is 17.9 Å². The van der Waals surface area contributed by atoms with Crippen LogP contribution < -0.4 is 0 Å². The van der Waals surface area contributed by atoms with E-state index < -0.39 is 17.9 Å². The summed E-state index contributed by atoms with van der Waals surface area (Å²) in [6.45, 7) is 12.1. The predicted octanol–water partition coefficient (Wildman–Crippen LogP) is 1.81. The molecule has 122 valence electrons. The van der Waals surface area contributed by atoms with E-state index in [2.05, 4.69) is 0 Å². The zero-order valence-corrected chi connectivity index (χ0v) is 13.6. The molecule has 3 aliphatic heterocycles. The highest BCUT2D eigenvalue weighted by molar-refractivity contribution is 4.99. The summed E-state index contributed by atoms with van der Waals surface area (Å²) in [4.78, 5) is 0. The van der Waals surface area contributed by atoms with Gasteiger partial charge in [0.1, 0.15) is 24.4 Å². The molecule has 0 aromatic carbocycles. The molecule has 0 spiro atoms. The van der Waals surface area contributed by atoms with Crippen LogP contribution in [0.25, 0.3) is 0 Å². The van der Waals surface area contributed by atoms with E-state index in [0.29, 0.717) is 6.61 Å². The molecule has 0 radical (unpaired) electrons. The largest absolute Gasteiger partial charge is 0.348 e. The topological polar surface area (TPSA) is 55.4 Å². The Hall–Kier alpha value is -0.240. The molecule has 21 heavy (non-hydrogen) atoms. The van der Waals surface area contributed by atoms with Crippen molar-refractivity contribution in [2.24, 2.45) is 0 Å². The van der Waals surface area contributed by atoms with E-state index in [0.717, 1.165) is 0 Å². The lowest BCUT2D eigenvalue weighted by molar-refractivity contribution is -0.254. The average molecular weight is 302 g/mol. The first-order valence-corrected chi connectivity index (χ1v) is 7.65. The van der Waals surface area contributed by atoms with Crippen LogP contribution in [0.2, 0.25) is 0 Å². The lowest BCUT2D eigenvalue weighted by atomic mass is 10.1. The molecule has 6 heteroatoms. The molecular formula is C15H26O6. The summed E-state index contributed by atoms with van der Waals surface area (Å²) in [6, 6.07) is 0. The monoisotopic (exact) mass is 302 g/mol. The van der Waals surface area contributed by atoms with Crippen molar-refractivity contribution in [2.45, 2.75) is 89.9 Å². The highest BCUT2D eigenvalue weighted by Gasteiger charge is 2.59. The first-order chi connectivity index (χ1) is 9.67. The summed E-state index contributed by atoms with van der Waals surface area (Å²) in [5, 5.41) is 0. The number of ether oxygens (including phenoxy) is 6. The van der Waals surface area contributed by atoms with E-state index in [1.165, 1.54) is 0 Å². The highest BCUT2D eigenvalue weighted by Crippen LogP contribution is 2.42. The zero-order chi connectivity index (χ0) is 15.4. The minimum atomic E-state index is -0.634. The molecule has 0 saturated carbocycles. The van der Waals surface area contributed by atoms with Crippen molar-refractivity contribution in [2.75, 3.05) is 6.61 Å². The summed E-state index contributed by atoms with van der Waals surface area (Å²) >= 11 is 0. The van der Waals surface area contributed by atoms with Crippen molar-refractivity contribution in [3.8, 4) is 0 Å². The Labute approximate surface area is 126 Å². The van der Waals surface area contributed by atoms with Crippen LogP contribution in [-0.4, -0.2) is 55.0 Å². The van der Waals surface area contributed by atoms with Gasteiger partial charge in [0, 0.05) is 0 Å². The Morgan fingerprint density at radius 3 is 2.14 bits per heavy atom. The van der Waals surface area contributed by atoms with Gasteiger partial charge < -0.3 is 28.4 Å². The van der Waals surface area contributed by atoms with Gasteiger partial charge in [-0.25, -0.2) is 0 Å². The van der Waals surface area contributed by atoms with E-state index in [1.807, 2.05) is 41.5 Å². The number of hydrogen-bond donors (Lipinski definition) is 0. The lowest BCUT2D eigenvalue weighted by Crippen LogP contribution is -2.40. The summed E-state index contributed by atoms with van der Waals surface area (Å²) in [5.74, 6) is -1.22. The maximum atomic E-state index is 6.03. The molecular weight excluding hydrogens is 276 g/mol. The van der Waals surface area contributed by atoms with E-state index in [4.69, 9.17) is 28.4 Å². The minimum Gasteiger partial charge on any atom is -0.348 e. The molecule has 0 aromatic heterocycles. The third-order valence-electron chi connectivity index (χ3n) is 3.85. The molecule has 3 aliphatic rings. The Kier molecular flexibility index (Phi) is 3.83. The van der Waals surface area contributed by atoms with Crippen LogP contribution in [0.1, 0.15) is 41.5 Å². The van der Waals surface area contributed by atoms with E-state index in [-0.39, 0.29) is 30.5 Å². The van der Waals surface area contributed by atoms with Gasteiger partial charge in [-0.3, -0.25) is 0 Å². The van der Waals surface area contributed by atoms with Gasteiger partial charge in [0.05, 0.1) is 12.7 Å². The molecule has 3 rings (SSSR count). The van der Waals surface area contributed by atoms with Gasteiger partial charge >= 0.3 is 0 Å². The van der Waals surface area contributed by atoms with E-state index in [1.54, 1.807) is 0 Å². The molecule has 0 aromatic rings. The Morgan fingerprint density at radius 2 is 1.57 bits per heavy atom. The van der Waals surface area contributed by atoms with Gasteiger partial charge in [-0.15, -0.1) is 0 Å². The first-order valence-electron chi connectivity index (χ1n) is 7.65. The molecule has 3 heterocycles. The summed E-state index contributed by atoms with van der Waals surface area (Å²) < 4.78 is 35.4. The first kappa shape index (κ1) is 15.6. The van der Waals surface area contributed by atoms with Crippen LogP contribution in [0.5, 0.6) is 0 Å². The number of rotatable bonds is 3. The molecule has 0 N–H and O–H groups in total. The summed E-state index contributed by atoms with van der Waals surface area (Å²) in [7, 11) is 0. The van der Waals surface area contributed by atoms with Crippen molar-refractivity contribution >= 4 is 0 Å². The molecule has 3 fully saturated rings.